The number of likely N-dealkylation sites (tertiary alicyclic amines) is 1. The van der Waals surface area contributed by atoms with Crippen LogP contribution in [0.4, 0.5) is 4.79 Å². The molecule has 1 fully saturated rings. The van der Waals surface area contributed by atoms with E-state index in [0.717, 1.165) is 0 Å². The summed E-state index contributed by atoms with van der Waals surface area (Å²) in [6, 6.07) is 4.84. The summed E-state index contributed by atoms with van der Waals surface area (Å²) in [5.74, 6) is -0.349. The second-order valence-electron chi connectivity index (χ2n) is 6.72. The maximum Gasteiger partial charge on any atom is 0.409 e. The Morgan fingerprint density at radius 2 is 1.90 bits per heavy atom. The third kappa shape index (κ3) is 8.28. The number of nitrogens with zero attached hydrogens (tertiary/aromatic N) is 1. The number of amides is 2. The zero-order valence-corrected chi connectivity index (χ0v) is 18.3. The van der Waals surface area contributed by atoms with Gasteiger partial charge in [0.25, 0.3) is 5.91 Å². The SMILES string of the molecule is CCOC(=O)N1CCC(NC(=O)COC(=O)CCCOc2ccc(Cl)cc2Cl)CC1. The first-order valence-electron chi connectivity index (χ1n) is 9.83. The largest absolute Gasteiger partial charge is 0.492 e. The van der Waals surface area contributed by atoms with E-state index in [0.29, 0.717) is 54.8 Å². The van der Waals surface area contributed by atoms with Gasteiger partial charge in [0, 0.05) is 30.6 Å². The molecular formula is C20H26Cl2N2O6. The molecule has 0 aliphatic carbocycles. The normalized spacial score (nSPS) is 14.2. The molecule has 1 aromatic rings. The Bertz CT molecular complexity index is 738. The van der Waals surface area contributed by atoms with Gasteiger partial charge in [0.05, 0.1) is 18.2 Å². The first kappa shape index (κ1) is 24.1. The first-order chi connectivity index (χ1) is 14.4. The van der Waals surface area contributed by atoms with Crippen LogP contribution in [0.1, 0.15) is 32.6 Å². The van der Waals surface area contributed by atoms with Gasteiger partial charge in [-0.3, -0.25) is 9.59 Å². The third-order valence-electron chi connectivity index (χ3n) is 4.43. The van der Waals surface area contributed by atoms with Crippen LogP contribution in [0.3, 0.4) is 0 Å². The average Bonchev–Trinajstić information content (AvgIpc) is 2.71. The number of esters is 1. The molecule has 1 N–H and O–H groups in total. The van der Waals surface area contributed by atoms with E-state index >= 15 is 0 Å². The highest BCUT2D eigenvalue weighted by Gasteiger charge is 2.24. The van der Waals surface area contributed by atoms with Crippen molar-refractivity contribution >= 4 is 41.2 Å². The lowest BCUT2D eigenvalue weighted by Crippen LogP contribution is -2.47. The zero-order valence-electron chi connectivity index (χ0n) is 16.8. The summed E-state index contributed by atoms with van der Waals surface area (Å²) in [4.78, 5) is 37.0. The van der Waals surface area contributed by atoms with Gasteiger partial charge >= 0.3 is 12.1 Å². The predicted octanol–water partition coefficient (Wildman–Crippen LogP) is 3.43. The maximum absolute atomic E-state index is 12.0. The summed E-state index contributed by atoms with van der Waals surface area (Å²) in [5, 5.41) is 3.73. The zero-order chi connectivity index (χ0) is 21.9. The van der Waals surface area contributed by atoms with Gasteiger partial charge in [-0.1, -0.05) is 23.2 Å². The Morgan fingerprint density at radius 3 is 2.57 bits per heavy atom. The third-order valence-corrected chi connectivity index (χ3v) is 4.96. The number of hydrogen-bond acceptors (Lipinski definition) is 6. The van der Waals surface area contributed by atoms with Crippen molar-refractivity contribution in [3.05, 3.63) is 28.2 Å². The van der Waals surface area contributed by atoms with Crippen molar-refractivity contribution in [2.24, 2.45) is 0 Å². The summed E-state index contributed by atoms with van der Waals surface area (Å²) in [5.41, 5.74) is 0. The van der Waals surface area contributed by atoms with Gasteiger partial charge in [0.2, 0.25) is 0 Å². The van der Waals surface area contributed by atoms with Crippen LogP contribution in [0.2, 0.25) is 10.0 Å². The molecule has 1 saturated heterocycles. The highest BCUT2D eigenvalue weighted by atomic mass is 35.5. The van der Waals surface area contributed by atoms with Crippen LogP contribution in [0.15, 0.2) is 18.2 Å². The van der Waals surface area contributed by atoms with E-state index in [9.17, 15) is 14.4 Å². The number of piperidine rings is 1. The quantitative estimate of drug-likeness (QED) is 0.448. The minimum absolute atomic E-state index is 0.0561. The Balaban J connectivity index is 1.56. The predicted molar refractivity (Wildman–Crippen MR) is 112 cm³/mol. The van der Waals surface area contributed by atoms with E-state index in [-0.39, 0.29) is 37.7 Å². The summed E-state index contributed by atoms with van der Waals surface area (Å²) in [6.45, 7) is 3.07. The number of benzene rings is 1. The van der Waals surface area contributed by atoms with Crippen LogP contribution in [-0.4, -0.2) is 61.8 Å². The molecule has 1 aliphatic heterocycles. The minimum atomic E-state index is -0.479. The number of carbonyl (C=O) groups is 3. The molecule has 0 atom stereocenters. The molecule has 0 unspecified atom stereocenters. The molecule has 1 aliphatic rings. The molecule has 8 nitrogen and oxygen atoms in total. The lowest BCUT2D eigenvalue weighted by Gasteiger charge is -2.31. The number of carbonyl (C=O) groups excluding carboxylic acids is 3. The summed E-state index contributed by atoms with van der Waals surface area (Å²) >= 11 is 11.8. The highest BCUT2D eigenvalue weighted by molar-refractivity contribution is 6.35. The second-order valence-corrected chi connectivity index (χ2v) is 7.56. The molecule has 2 rings (SSSR count). The van der Waals surface area contributed by atoms with Gasteiger partial charge in [-0.15, -0.1) is 0 Å². The molecule has 1 aromatic carbocycles. The molecule has 0 aromatic heterocycles. The molecule has 30 heavy (non-hydrogen) atoms. The van der Waals surface area contributed by atoms with Gasteiger partial charge in [0.1, 0.15) is 5.75 Å². The molecule has 0 spiro atoms. The lowest BCUT2D eigenvalue weighted by atomic mass is 10.1. The van der Waals surface area contributed by atoms with Gasteiger partial charge in [-0.25, -0.2) is 4.79 Å². The molecular weight excluding hydrogens is 435 g/mol. The molecule has 10 heteroatoms. The summed E-state index contributed by atoms with van der Waals surface area (Å²) in [7, 11) is 0. The minimum Gasteiger partial charge on any atom is -0.492 e. The Hall–Kier alpha value is -2.19. The molecule has 166 valence electrons. The average molecular weight is 461 g/mol. The maximum atomic E-state index is 12.0. The molecule has 2 amide bonds. The van der Waals surface area contributed by atoms with E-state index in [1.807, 2.05) is 0 Å². The van der Waals surface area contributed by atoms with Crippen LogP contribution in [0.5, 0.6) is 5.75 Å². The van der Waals surface area contributed by atoms with Crippen molar-refractivity contribution in [2.75, 3.05) is 32.9 Å². The van der Waals surface area contributed by atoms with Crippen molar-refractivity contribution in [1.29, 1.82) is 0 Å². The van der Waals surface area contributed by atoms with Crippen molar-refractivity contribution in [1.82, 2.24) is 10.2 Å². The molecule has 1 heterocycles. The lowest BCUT2D eigenvalue weighted by molar-refractivity contribution is -0.149. The van der Waals surface area contributed by atoms with Crippen LogP contribution in [0, 0.1) is 0 Å². The second kappa shape index (κ2) is 12.5. The smallest absolute Gasteiger partial charge is 0.409 e. The molecule has 0 bridgehead atoms. The standard InChI is InChI=1S/C20H26Cl2N2O6/c1-2-28-20(27)24-9-7-15(8-10-24)23-18(25)13-30-19(26)4-3-11-29-17-6-5-14(21)12-16(17)22/h5-6,12,15H,2-4,7-11,13H2,1H3,(H,23,25). The van der Waals surface area contributed by atoms with Crippen molar-refractivity contribution in [3.63, 3.8) is 0 Å². The highest BCUT2D eigenvalue weighted by Crippen LogP contribution is 2.27. The first-order valence-corrected chi connectivity index (χ1v) is 10.6. The van der Waals surface area contributed by atoms with E-state index < -0.39 is 5.97 Å². The van der Waals surface area contributed by atoms with E-state index in [4.69, 9.17) is 37.4 Å². The van der Waals surface area contributed by atoms with E-state index in [1.54, 1.807) is 30.0 Å². The Labute approximate surface area is 185 Å². The summed E-state index contributed by atoms with van der Waals surface area (Å²) in [6.07, 6.45) is 1.47. The summed E-state index contributed by atoms with van der Waals surface area (Å²) < 4.78 is 15.4. The topological polar surface area (TPSA) is 94.2 Å². The number of rotatable bonds is 9. The number of hydrogen-bond donors (Lipinski definition) is 1. The van der Waals surface area contributed by atoms with Gasteiger partial charge in [0.15, 0.2) is 6.61 Å². The van der Waals surface area contributed by atoms with Crippen molar-refractivity contribution in [2.45, 2.75) is 38.6 Å². The molecule has 0 radical (unpaired) electrons. The van der Waals surface area contributed by atoms with Crippen LogP contribution < -0.4 is 10.1 Å². The van der Waals surface area contributed by atoms with Crippen molar-refractivity contribution < 1.29 is 28.6 Å². The van der Waals surface area contributed by atoms with Gasteiger partial charge in [-0.2, -0.15) is 0 Å². The van der Waals surface area contributed by atoms with Crippen LogP contribution in [-0.2, 0) is 19.1 Å². The Kier molecular flexibility index (Phi) is 10.0. The Morgan fingerprint density at radius 1 is 1.17 bits per heavy atom. The van der Waals surface area contributed by atoms with E-state index in [2.05, 4.69) is 5.32 Å². The van der Waals surface area contributed by atoms with Gasteiger partial charge in [-0.05, 0) is 44.4 Å². The molecule has 0 saturated carbocycles. The number of nitrogens with one attached hydrogen (secondary N) is 1. The monoisotopic (exact) mass is 460 g/mol. The fraction of sp³-hybridized carbons (Fsp3) is 0.550. The fourth-order valence-corrected chi connectivity index (χ4v) is 3.36. The van der Waals surface area contributed by atoms with Crippen LogP contribution >= 0.6 is 23.2 Å². The van der Waals surface area contributed by atoms with Gasteiger partial charge < -0.3 is 24.4 Å². The van der Waals surface area contributed by atoms with E-state index in [1.165, 1.54) is 0 Å². The number of halogens is 2. The fourth-order valence-electron chi connectivity index (χ4n) is 2.90. The van der Waals surface area contributed by atoms with Crippen LogP contribution in [0.25, 0.3) is 0 Å². The number of ether oxygens (including phenoxy) is 3. The van der Waals surface area contributed by atoms with Crippen molar-refractivity contribution in [3.8, 4) is 5.75 Å².